The minimum atomic E-state index is -1.51. The van der Waals surface area contributed by atoms with Crippen molar-refractivity contribution in [3.8, 4) is 0 Å². The number of amides is 4. The number of aliphatic imine (C=N–C) groups is 1. The zero-order chi connectivity index (χ0) is 24.8. The SMILES string of the molecule is CC(O)C(NC(=O)CNC(=O)C(N)CCCN=C(N)N)C(=O)NC(CCC(N)=O)C(=O)O. The predicted octanol–water partition coefficient (Wildman–Crippen LogP) is -4.82. The van der Waals surface area contributed by atoms with Crippen molar-refractivity contribution in [2.24, 2.45) is 27.9 Å². The molecular weight excluding hydrogens is 428 g/mol. The topological polar surface area (TPSA) is 278 Å². The predicted molar refractivity (Wildman–Crippen MR) is 113 cm³/mol. The van der Waals surface area contributed by atoms with E-state index in [1.165, 1.54) is 6.92 Å². The van der Waals surface area contributed by atoms with Crippen LogP contribution in [0.15, 0.2) is 4.99 Å². The number of rotatable bonds is 15. The van der Waals surface area contributed by atoms with E-state index in [0.717, 1.165) is 0 Å². The van der Waals surface area contributed by atoms with E-state index in [2.05, 4.69) is 20.9 Å². The number of primary amides is 1. The summed E-state index contributed by atoms with van der Waals surface area (Å²) in [5, 5.41) is 25.5. The van der Waals surface area contributed by atoms with Gasteiger partial charge in [-0.1, -0.05) is 0 Å². The first-order valence-electron chi connectivity index (χ1n) is 9.72. The third-order valence-electron chi connectivity index (χ3n) is 4.10. The Morgan fingerprint density at radius 1 is 1.00 bits per heavy atom. The van der Waals surface area contributed by atoms with Gasteiger partial charge in [0.2, 0.25) is 23.6 Å². The highest BCUT2D eigenvalue weighted by atomic mass is 16.4. The van der Waals surface area contributed by atoms with Gasteiger partial charge >= 0.3 is 5.97 Å². The smallest absolute Gasteiger partial charge is 0.326 e. The highest BCUT2D eigenvalue weighted by Gasteiger charge is 2.30. The number of nitrogens with one attached hydrogen (secondary N) is 3. The summed E-state index contributed by atoms with van der Waals surface area (Å²) in [6.07, 6.45) is -1.26. The van der Waals surface area contributed by atoms with Crippen LogP contribution < -0.4 is 38.9 Å². The maximum atomic E-state index is 12.3. The first kappa shape index (κ1) is 28.5. The van der Waals surface area contributed by atoms with Crippen molar-refractivity contribution in [2.45, 2.75) is 56.8 Å². The summed E-state index contributed by atoms with van der Waals surface area (Å²) in [4.78, 5) is 62.2. The van der Waals surface area contributed by atoms with E-state index in [1.807, 2.05) is 0 Å². The van der Waals surface area contributed by atoms with Crippen LogP contribution in [0.2, 0.25) is 0 Å². The molecule has 13 N–H and O–H groups in total. The van der Waals surface area contributed by atoms with Gasteiger partial charge in [-0.05, 0) is 26.2 Å². The van der Waals surface area contributed by atoms with Crippen molar-refractivity contribution in [1.29, 1.82) is 0 Å². The van der Waals surface area contributed by atoms with Crippen molar-refractivity contribution in [1.82, 2.24) is 16.0 Å². The lowest BCUT2D eigenvalue weighted by molar-refractivity contribution is -0.143. The molecule has 0 aromatic heterocycles. The second kappa shape index (κ2) is 14.5. The molecule has 0 aliphatic heterocycles. The van der Waals surface area contributed by atoms with Crippen molar-refractivity contribution in [3.63, 3.8) is 0 Å². The highest BCUT2D eigenvalue weighted by Crippen LogP contribution is 2.01. The zero-order valence-electron chi connectivity index (χ0n) is 17.7. The largest absolute Gasteiger partial charge is 0.480 e. The lowest BCUT2D eigenvalue weighted by Crippen LogP contribution is -2.57. The van der Waals surface area contributed by atoms with Gasteiger partial charge in [0.1, 0.15) is 12.1 Å². The Bertz CT molecular complexity index is 709. The molecule has 15 heteroatoms. The monoisotopic (exact) mass is 460 g/mol. The van der Waals surface area contributed by atoms with Crippen molar-refractivity contribution < 1.29 is 34.2 Å². The van der Waals surface area contributed by atoms with Crippen LogP contribution in [-0.2, 0) is 24.0 Å². The van der Waals surface area contributed by atoms with Crippen molar-refractivity contribution in [2.75, 3.05) is 13.1 Å². The van der Waals surface area contributed by atoms with E-state index in [9.17, 15) is 29.1 Å². The van der Waals surface area contributed by atoms with E-state index < -0.39 is 60.4 Å². The van der Waals surface area contributed by atoms with Gasteiger partial charge in [0.25, 0.3) is 0 Å². The number of hydrogen-bond donors (Lipinski definition) is 9. The van der Waals surface area contributed by atoms with E-state index in [-0.39, 0.29) is 31.8 Å². The molecule has 0 heterocycles. The molecule has 0 bridgehead atoms. The Kier molecular flexibility index (Phi) is 13.0. The number of aliphatic carboxylic acids is 1. The van der Waals surface area contributed by atoms with Gasteiger partial charge in [-0.25, -0.2) is 4.79 Å². The molecule has 0 aliphatic carbocycles. The Balaban J connectivity index is 4.70. The molecule has 4 amide bonds. The summed E-state index contributed by atoms with van der Waals surface area (Å²) in [6, 6.07) is -3.89. The highest BCUT2D eigenvalue weighted by molar-refractivity contribution is 5.93. The van der Waals surface area contributed by atoms with Gasteiger partial charge < -0.3 is 49.1 Å². The van der Waals surface area contributed by atoms with Gasteiger partial charge in [0, 0.05) is 13.0 Å². The number of carbonyl (C=O) groups is 5. The number of hydrogen-bond acceptors (Lipinski definition) is 8. The number of carbonyl (C=O) groups excluding carboxylic acids is 4. The third kappa shape index (κ3) is 12.3. The quantitative estimate of drug-likeness (QED) is 0.0638. The van der Waals surface area contributed by atoms with E-state index in [0.29, 0.717) is 6.42 Å². The molecule has 4 unspecified atom stereocenters. The number of nitrogens with two attached hydrogens (primary N) is 4. The Labute approximate surface area is 184 Å². The number of nitrogens with zero attached hydrogens (tertiary/aromatic N) is 1. The molecule has 32 heavy (non-hydrogen) atoms. The number of carboxylic acid groups (broad SMARTS) is 1. The van der Waals surface area contributed by atoms with Crippen LogP contribution in [0.25, 0.3) is 0 Å². The molecule has 0 spiro atoms. The lowest BCUT2D eigenvalue weighted by Gasteiger charge is -2.23. The molecule has 15 nitrogen and oxygen atoms in total. The fourth-order valence-electron chi connectivity index (χ4n) is 2.38. The maximum Gasteiger partial charge on any atom is 0.326 e. The fraction of sp³-hybridized carbons (Fsp3) is 0.647. The van der Waals surface area contributed by atoms with Gasteiger partial charge in [-0.15, -0.1) is 0 Å². The Morgan fingerprint density at radius 2 is 1.62 bits per heavy atom. The molecule has 0 aromatic carbocycles. The third-order valence-corrected chi connectivity index (χ3v) is 4.10. The van der Waals surface area contributed by atoms with E-state index in [1.54, 1.807) is 0 Å². The maximum absolute atomic E-state index is 12.3. The van der Waals surface area contributed by atoms with Crippen LogP contribution in [0.3, 0.4) is 0 Å². The Morgan fingerprint density at radius 3 is 2.12 bits per heavy atom. The summed E-state index contributed by atoms with van der Waals surface area (Å²) < 4.78 is 0. The van der Waals surface area contributed by atoms with Gasteiger partial charge in [-0.3, -0.25) is 24.2 Å². The number of aliphatic hydroxyl groups is 1. The molecule has 0 fully saturated rings. The summed E-state index contributed by atoms with van der Waals surface area (Å²) in [5.41, 5.74) is 21.0. The summed E-state index contributed by atoms with van der Waals surface area (Å²) in [5.74, 6) is -4.70. The Hall–Kier alpha value is -3.46. The standard InChI is InChI=1S/C17H32N8O7/c1-8(26)13(15(30)24-10(16(31)32)4-5-11(19)27)25-12(28)7-23-14(29)9(18)3-2-6-22-17(20)21/h8-10,13,26H,2-7,18H2,1H3,(H2,19,27)(H,23,29)(H,24,30)(H,25,28)(H,31,32)(H4,20,21,22). The van der Waals surface area contributed by atoms with Crippen LogP contribution in [0.1, 0.15) is 32.6 Å². The summed E-state index contributed by atoms with van der Waals surface area (Å²) in [6.45, 7) is 0.946. The summed E-state index contributed by atoms with van der Waals surface area (Å²) in [7, 11) is 0. The zero-order valence-corrected chi connectivity index (χ0v) is 17.7. The minimum absolute atomic E-state index is 0.0843. The van der Waals surface area contributed by atoms with Crippen LogP contribution in [0.5, 0.6) is 0 Å². The molecule has 0 aliphatic rings. The summed E-state index contributed by atoms with van der Waals surface area (Å²) >= 11 is 0. The molecular formula is C17H32N8O7. The van der Waals surface area contributed by atoms with Crippen molar-refractivity contribution in [3.05, 3.63) is 0 Å². The second-order valence-electron chi connectivity index (χ2n) is 6.96. The van der Waals surface area contributed by atoms with Crippen LogP contribution in [0, 0.1) is 0 Å². The average Bonchev–Trinajstić information content (AvgIpc) is 2.69. The normalized spacial score (nSPS) is 14.2. The molecule has 182 valence electrons. The van der Waals surface area contributed by atoms with E-state index >= 15 is 0 Å². The van der Waals surface area contributed by atoms with Crippen LogP contribution >= 0.6 is 0 Å². The van der Waals surface area contributed by atoms with Gasteiger partial charge in [0.05, 0.1) is 18.7 Å². The number of guanidine groups is 1. The van der Waals surface area contributed by atoms with Crippen molar-refractivity contribution >= 4 is 35.6 Å². The van der Waals surface area contributed by atoms with Crippen LogP contribution in [-0.4, -0.2) is 83.1 Å². The number of aliphatic hydroxyl groups excluding tert-OH is 1. The second-order valence-corrected chi connectivity index (χ2v) is 6.96. The molecule has 0 aromatic rings. The molecule has 4 atom stereocenters. The molecule has 0 radical (unpaired) electrons. The lowest BCUT2D eigenvalue weighted by atomic mass is 10.1. The fourth-order valence-corrected chi connectivity index (χ4v) is 2.38. The number of carboxylic acids is 1. The van der Waals surface area contributed by atoms with Crippen LogP contribution in [0.4, 0.5) is 0 Å². The molecule has 0 saturated heterocycles. The first-order valence-corrected chi connectivity index (χ1v) is 9.72. The molecule has 0 rings (SSSR count). The van der Waals surface area contributed by atoms with Gasteiger partial charge in [0.15, 0.2) is 5.96 Å². The first-order chi connectivity index (χ1) is 14.8. The van der Waals surface area contributed by atoms with Gasteiger partial charge in [-0.2, -0.15) is 0 Å². The minimum Gasteiger partial charge on any atom is -0.480 e. The average molecular weight is 460 g/mol. The molecule has 0 saturated carbocycles. The van der Waals surface area contributed by atoms with E-state index in [4.69, 9.17) is 28.0 Å².